The van der Waals surface area contributed by atoms with Crippen LogP contribution in [0.5, 0.6) is 0 Å². The van der Waals surface area contributed by atoms with Gasteiger partial charge in [-0.25, -0.2) is 0 Å². The summed E-state index contributed by atoms with van der Waals surface area (Å²) in [5.74, 6) is -0.938. The largest absolute Gasteiger partial charge is 0.480 e. The first kappa shape index (κ1) is 13.1. The van der Waals surface area contributed by atoms with Gasteiger partial charge in [-0.2, -0.15) is 5.26 Å². The second-order valence-electron chi connectivity index (χ2n) is 3.34. The van der Waals surface area contributed by atoms with Crippen LogP contribution in [0, 0.1) is 11.3 Å². The zero-order valence-electron chi connectivity index (χ0n) is 9.06. The number of hydrogen-bond acceptors (Lipinski definition) is 3. The van der Waals surface area contributed by atoms with Crippen LogP contribution in [0.25, 0.3) is 0 Å². The van der Waals surface area contributed by atoms with Crippen LogP contribution in [-0.2, 0) is 4.79 Å². The average Bonchev–Trinajstić information content (AvgIpc) is 2.28. The predicted octanol–water partition coefficient (Wildman–Crippen LogP) is 2.29. The van der Waals surface area contributed by atoms with Crippen molar-refractivity contribution in [3.63, 3.8) is 0 Å². The normalized spacial score (nSPS) is 9.41. The van der Waals surface area contributed by atoms with Crippen LogP contribution >= 0.6 is 11.6 Å². The number of rotatable bonds is 5. The fourth-order valence-electron chi connectivity index (χ4n) is 1.37. The molecule has 0 heterocycles. The van der Waals surface area contributed by atoms with E-state index in [4.69, 9.17) is 22.0 Å². The SMILES string of the molecule is C=CCN(CC(=O)O)c1ccc(C#N)c(Cl)c1. The number of aliphatic carboxylic acids is 1. The smallest absolute Gasteiger partial charge is 0.323 e. The number of hydrogen-bond donors (Lipinski definition) is 1. The molecule has 0 aliphatic rings. The van der Waals surface area contributed by atoms with Crippen LogP contribution < -0.4 is 4.90 Å². The van der Waals surface area contributed by atoms with E-state index in [9.17, 15) is 4.79 Å². The molecule has 0 atom stereocenters. The predicted molar refractivity (Wildman–Crippen MR) is 66.2 cm³/mol. The molecule has 0 aliphatic heterocycles. The summed E-state index contributed by atoms with van der Waals surface area (Å²) in [6.07, 6.45) is 1.61. The molecule has 0 aromatic heterocycles. The molecule has 1 rings (SSSR count). The molecule has 88 valence electrons. The van der Waals surface area contributed by atoms with Crippen molar-refractivity contribution in [1.29, 1.82) is 5.26 Å². The maximum absolute atomic E-state index is 10.7. The topological polar surface area (TPSA) is 64.3 Å². The molecular formula is C12H11ClN2O2. The Balaban J connectivity index is 3.02. The highest BCUT2D eigenvalue weighted by Crippen LogP contribution is 2.23. The molecule has 17 heavy (non-hydrogen) atoms. The minimum Gasteiger partial charge on any atom is -0.480 e. The van der Waals surface area contributed by atoms with Crippen LogP contribution in [0.3, 0.4) is 0 Å². The maximum atomic E-state index is 10.7. The van der Waals surface area contributed by atoms with Crippen LogP contribution in [0.2, 0.25) is 5.02 Å². The zero-order valence-corrected chi connectivity index (χ0v) is 9.81. The van der Waals surface area contributed by atoms with Crippen molar-refractivity contribution in [2.24, 2.45) is 0 Å². The Morgan fingerprint density at radius 2 is 2.35 bits per heavy atom. The molecule has 0 radical (unpaired) electrons. The summed E-state index contributed by atoms with van der Waals surface area (Å²) in [6, 6.07) is 6.75. The molecule has 4 nitrogen and oxygen atoms in total. The van der Waals surface area contributed by atoms with Gasteiger partial charge in [-0.3, -0.25) is 4.79 Å². The molecule has 0 bridgehead atoms. The van der Waals surface area contributed by atoms with E-state index >= 15 is 0 Å². The fraction of sp³-hybridized carbons (Fsp3) is 0.167. The molecule has 0 amide bonds. The van der Waals surface area contributed by atoms with Gasteiger partial charge in [0.2, 0.25) is 0 Å². The van der Waals surface area contributed by atoms with Crippen molar-refractivity contribution in [3.05, 3.63) is 41.4 Å². The first-order valence-corrected chi connectivity index (χ1v) is 5.23. The number of anilines is 1. The van der Waals surface area contributed by atoms with Crippen molar-refractivity contribution in [3.8, 4) is 6.07 Å². The summed E-state index contributed by atoms with van der Waals surface area (Å²) < 4.78 is 0. The van der Waals surface area contributed by atoms with E-state index < -0.39 is 5.97 Å². The van der Waals surface area contributed by atoms with E-state index in [1.807, 2.05) is 6.07 Å². The van der Waals surface area contributed by atoms with E-state index in [2.05, 4.69) is 6.58 Å². The standard InChI is InChI=1S/C12H11ClN2O2/c1-2-5-15(8-12(16)17)10-4-3-9(7-14)11(13)6-10/h2-4,6H,1,5,8H2,(H,16,17). The minimum absolute atomic E-state index is 0.145. The summed E-state index contributed by atoms with van der Waals surface area (Å²) >= 11 is 5.89. The van der Waals surface area contributed by atoms with Gasteiger partial charge in [-0.05, 0) is 18.2 Å². The number of carboxylic acids is 1. The van der Waals surface area contributed by atoms with Crippen molar-refractivity contribution in [2.75, 3.05) is 18.0 Å². The van der Waals surface area contributed by atoms with Crippen molar-refractivity contribution in [2.45, 2.75) is 0 Å². The molecule has 0 spiro atoms. The van der Waals surface area contributed by atoms with Crippen LogP contribution in [0.4, 0.5) is 5.69 Å². The van der Waals surface area contributed by atoms with Gasteiger partial charge in [0.1, 0.15) is 12.6 Å². The Hall–Kier alpha value is -1.99. The van der Waals surface area contributed by atoms with Crippen LogP contribution in [0.1, 0.15) is 5.56 Å². The van der Waals surface area contributed by atoms with Gasteiger partial charge in [0.05, 0.1) is 10.6 Å². The molecule has 0 unspecified atom stereocenters. The van der Waals surface area contributed by atoms with E-state index in [0.29, 0.717) is 22.8 Å². The van der Waals surface area contributed by atoms with Crippen LogP contribution in [-0.4, -0.2) is 24.2 Å². The van der Waals surface area contributed by atoms with Crippen LogP contribution in [0.15, 0.2) is 30.9 Å². The Morgan fingerprint density at radius 1 is 1.65 bits per heavy atom. The number of carbonyl (C=O) groups is 1. The summed E-state index contributed by atoms with van der Waals surface area (Å²) in [6.45, 7) is 3.82. The third kappa shape index (κ3) is 3.51. The summed E-state index contributed by atoms with van der Waals surface area (Å²) in [5, 5.41) is 17.8. The number of nitriles is 1. The van der Waals surface area contributed by atoms with Crippen molar-refractivity contribution >= 4 is 23.3 Å². The number of benzene rings is 1. The monoisotopic (exact) mass is 250 g/mol. The lowest BCUT2D eigenvalue weighted by Gasteiger charge is -2.21. The van der Waals surface area contributed by atoms with E-state index in [-0.39, 0.29) is 6.54 Å². The summed E-state index contributed by atoms with van der Waals surface area (Å²) in [7, 11) is 0. The van der Waals surface area contributed by atoms with E-state index in [1.165, 1.54) is 0 Å². The molecule has 0 saturated heterocycles. The molecule has 1 aromatic rings. The molecule has 0 saturated carbocycles. The first-order chi connectivity index (χ1) is 8.08. The highest BCUT2D eigenvalue weighted by atomic mass is 35.5. The van der Waals surface area contributed by atoms with E-state index in [1.54, 1.807) is 29.2 Å². The second-order valence-corrected chi connectivity index (χ2v) is 3.75. The van der Waals surface area contributed by atoms with Gasteiger partial charge in [0.25, 0.3) is 0 Å². The lowest BCUT2D eigenvalue weighted by Crippen LogP contribution is -2.29. The molecule has 1 aromatic carbocycles. The second kappa shape index (κ2) is 5.92. The summed E-state index contributed by atoms with van der Waals surface area (Å²) in [4.78, 5) is 12.3. The lowest BCUT2D eigenvalue weighted by molar-refractivity contribution is -0.135. The quantitative estimate of drug-likeness (QED) is 0.815. The Morgan fingerprint density at radius 3 is 2.82 bits per heavy atom. The summed E-state index contributed by atoms with van der Waals surface area (Å²) in [5.41, 5.74) is 1.01. The molecule has 5 heteroatoms. The van der Waals surface area contributed by atoms with Gasteiger partial charge in [0, 0.05) is 12.2 Å². The third-order valence-corrected chi connectivity index (χ3v) is 2.43. The molecular weight excluding hydrogens is 240 g/mol. The third-order valence-electron chi connectivity index (χ3n) is 2.11. The Bertz CT molecular complexity index is 480. The Labute approximate surface area is 104 Å². The first-order valence-electron chi connectivity index (χ1n) is 4.85. The average molecular weight is 251 g/mol. The lowest BCUT2D eigenvalue weighted by atomic mass is 10.2. The highest BCUT2D eigenvalue weighted by molar-refractivity contribution is 6.32. The maximum Gasteiger partial charge on any atom is 0.323 e. The highest BCUT2D eigenvalue weighted by Gasteiger charge is 2.10. The molecule has 0 fully saturated rings. The number of nitrogens with zero attached hydrogens (tertiary/aromatic N) is 2. The number of halogens is 1. The van der Waals surface area contributed by atoms with E-state index in [0.717, 1.165) is 0 Å². The zero-order chi connectivity index (χ0) is 12.8. The Kier molecular flexibility index (Phi) is 4.56. The molecule has 0 aliphatic carbocycles. The molecule has 1 N–H and O–H groups in total. The van der Waals surface area contributed by atoms with Gasteiger partial charge in [0.15, 0.2) is 0 Å². The van der Waals surface area contributed by atoms with Gasteiger partial charge in [-0.15, -0.1) is 6.58 Å². The van der Waals surface area contributed by atoms with Gasteiger partial charge in [-0.1, -0.05) is 17.7 Å². The van der Waals surface area contributed by atoms with Crippen molar-refractivity contribution in [1.82, 2.24) is 0 Å². The number of carboxylic acid groups (broad SMARTS) is 1. The van der Waals surface area contributed by atoms with Gasteiger partial charge < -0.3 is 10.0 Å². The van der Waals surface area contributed by atoms with Gasteiger partial charge >= 0.3 is 5.97 Å². The minimum atomic E-state index is -0.938. The fourth-order valence-corrected chi connectivity index (χ4v) is 1.59. The van der Waals surface area contributed by atoms with Crippen molar-refractivity contribution < 1.29 is 9.90 Å².